The molecule has 29 heavy (non-hydrogen) atoms. The van der Waals surface area contributed by atoms with E-state index in [4.69, 9.17) is 9.15 Å². The number of ether oxygens (including phenoxy) is 1. The maximum absolute atomic E-state index is 13.0. The number of oxazole rings is 1. The second-order valence-corrected chi connectivity index (χ2v) is 8.65. The van der Waals surface area contributed by atoms with Gasteiger partial charge in [0.2, 0.25) is 10.0 Å². The fourth-order valence-electron chi connectivity index (χ4n) is 3.42. The van der Waals surface area contributed by atoms with Crippen molar-refractivity contribution in [3.8, 4) is 0 Å². The minimum atomic E-state index is -3.59. The van der Waals surface area contributed by atoms with Crippen molar-refractivity contribution in [2.45, 2.75) is 4.90 Å². The zero-order valence-corrected chi connectivity index (χ0v) is 16.2. The van der Waals surface area contributed by atoms with E-state index in [1.807, 2.05) is 24.3 Å². The Kier molecular flexibility index (Phi) is 4.42. The van der Waals surface area contributed by atoms with Crippen molar-refractivity contribution in [3.63, 3.8) is 0 Å². The molecule has 1 fully saturated rings. The third-order valence-corrected chi connectivity index (χ3v) is 6.82. The van der Waals surface area contributed by atoms with Gasteiger partial charge in [0, 0.05) is 36.0 Å². The molecular formula is C20H18N4O4S. The van der Waals surface area contributed by atoms with Crippen molar-refractivity contribution >= 4 is 43.4 Å². The van der Waals surface area contributed by atoms with E-state index in [9.17, 15) is 8.42 Å². The first-order valence-corrected chi connectivity index (χ1v) is 10.6. The monoisotopic (exact) mass is 410 g/mol. The van der Waals surface area contributed by atoms with Crippen molar-refractivity contribution in [3.05, 3.63) is 55.1 Å². The van der Waals surface area contributed by atoms with E-state index in [0.717, 1.165) is 22.3 Å². The number of rotatable bonds is 4. The number of aromatic nitrogens is 2. The molecule has 0 radical (unpaired) electrons. The van der Waals surface area contributed by atoms with Gasteiger partial charge in [-0.05, 0) is 42.5 Å². The third-order valence-electron chi connectivity index (χ3n) is 4.93. The molecule has 3 heterocycles. The van der Waals surface area contributed by atoms with Gasteiger partial charge >= 0.3 is 0 Å². The van der Waals surface area contributed by atoms with Gasteiger partial charge in [0.1, 0.15) is 5.52 Å². The van der Waals surface area contributed by atoms with Crippen LogP contribution in [0.5, 0.6) is 0 Å². The average Bonchev–Trinajstić information content (AvgIpc) is 3.22. The third kappa shape index (κ3) is 3.33. The van der Waals surface area contributed by atoms with Gasteiger partial charge in [0.25, 0.3) is 0 Å². The molecule has 5 rings (SSSR count). The molecule has 2 aromatic carbocycles. The Bertz CT molecular complexity index is 1300. The van der Waals surface area contributed by atoms with Crippen LogP contribution in [0.15, 0.2) is 64.4 Å². The summed E-state index contributed by atoms with van der Waals surface area (Å²) in [4.78, 5) is 8.78. The predicted molar refractivity (Wildman–Crippen MR) is 109 cm³/mol. The van der Waals surface area contributed by atoms with Crippen LogP contribution in [-0.2, 0) is 14.8 Å². The molecule has 0 atom stereocenters. The number of hydrogen-bond acceptors (Lipinski definition) is 7. The molecule has 0 bridgehead atoms. The smallest absolute Gasteiger partial charge is 0.243 e. The second-order valence-electron chi connectivity index (χ2n) is 6.71. The highest BCUT2D eigenvalue weighted by atomic mass is 32.2. The molecular weight excluding hydrogens is 392 g/mol. The number of morpholine rings is 1. The molecule has 148 valence electrons. The average molecular weight is 410 g/mol. The first kappa shape index (κ1) is 18.0. The lowest BCUT2D eigenvalue weighted by molar-refractivity contribution is 0.0730. The van der Waals surface area contributed by atoms with E-state index >= 15 is 0 Å². The number of pyridine rings is 1. The summed E-state index contributed by atoms with van der Waals surface area (Å²) >= 11 is 0. The van der Waals surface area contributed by atoms with E-state index in [0.29, 0.717) is 37.4 Å². The number of hydrogen-bond donors (Lipinski definition) is 1. The molecule has 2 aromatic heterocycles. The number of benzene rings is 2. The summed E-state index contributed by atoms with van der Waals surface area (Å²) in [5.74, 6) is 0. The quantitative estimate of drug-likeness (QED) is 0.552. The van der Waals surface area contributed by atoms with Gasteiger partial charge in [-0.15, -0.1) is 0 Å². The van der Waals surface area contributed by atoms with Crippen LogP contribution in [0.3, 0.4) is 0 Å². The van der Waals surface area contributed by atoms with Crippen molar-refractivity contribution in [2.75, 3.05) is 31.6 Å². The minimum absolute atomic E-state index is 0.245. The van der Waals surface area contributed by atoms with Crippen molar-refractivity contribution < 1.29 is 17.6 Å². The van der Waals surface area contributed by atoms with Crippen LogP contribution < -0.4 is 5.32 Å². The number of nitrogens with one attached hydrogen (secondary N) is 1. The van der Waals surface area contributed by atoms with Crippen LogP contribution >= 0.6 is 0 Å². The lowest BCUT2D eigenvalue weighted by Gasteiger charge is -2.26. The summed E-state index contributed by atoms with van der Waals surface area (Å²) in [6.07, 6.45) is 3.09. The molecule has 1 aliphatic rings. The topological polar surface area (TPSA) is 97.6 Å². The van der Waals surface area contributed by atoms with Gasteiger partial charge in [-0.3, -0.25) is 4.98 Å². The molecule has 0 unspecified atom stereocenters. The highest BCUT2D eigenvalue weighted by molar-refractivity contribution is 7.89. The number of anilines is 2. The van der Waals surface area contributed by atoms with Crippen LogP contribution in [0.1, 0.15) is 0 Å². The summed E-state index contributed by atoms with van der Waals surface area (Å²) in [5.41, 5.74) is 3.73. The Morgan fingerprint density at radius 1 is 0.966 bits per heavy atom. The van der Waals surface area contributed by atoms with Gasteiger partial charge in [-0.2, -0.15) is 4.31 Å². The normalized spacial score (nSPS) is 15.7. The number of sulfonamides is 1. The Labute approximate surface area is 167 Å². The highest BCUT2D eigenvalue weighted by Crippen LogP contribution is 2.29. The van der Waals surface area contributed by atoms with E-state index < -0.39 is 10.0 Å². The van der Waals surface area contributed by atoms with Crippen LogP contribution in [0.25, 0.3) is 22.0 Å². The van der Waals surface area contributed by atoms with Crippen LogP contribution in [0.4, 0.5) is 11.4 Å². The fraction of sp³-hybridized carbons (Fsp3) is 0.200. The standard InChI is InChI=1S/C20H18N4O4S/c25-29(26,24-7-9-27-10-8-24)15-2-3-17-16(12-15)18(5-6-21-17)23-14-1-4-20-19(11-14)22-13-28-20/h1-6,11-13H,7-10H2,(H,21,23). The Morgan fingerprint density at radius 3 is 2.69 bits per heavy atom. The van der Waals surface area contributed by atoms with Crippen molar-refractivity contribution in [1.29, 1.82) is 0 Å². The molecule has 1 N–H and O–H groups in total. The predicted octanol–water partition coefficient (Wildman–Crippen LogP) is 3.14. The molecule has 0 spiro atoms. The van der Waals surface area contributed by atoms with Crippen LogP contribution in [0, 0.1) is 0 Å². The zero-order chi connectivity index (χ0) is 19.8. The lowest BCUT2D eigenvalue weighted by Crippen LogP contribution is -2.40. The van der Waals surface area contributed by atoms with E-state index in [1.165, 1.54) is 10.7 Å². The van der Waals surface area contributed by atoms with Crippen LogP contribution in [-0.4, -0.2) is 49.0 Å². The Morgan fingerprint density at radius 2 is 1.83 bits per heavy atom. The fourth-order valence-corrected chi connectivity index (χ4v) is 4.86. The van der Waals surface area contributed by atoms with Gasteiger partial charge < -0.3 is 14.5 Å². The minimum Gasteiger partial charge on any atom is -0.443 e. The largest absolute Gasteiger partial charge is 0.443 e. The van der Waals surface area contributed by atoms with Crippen molar-refractivity contribution in [1.82, 2.24) is 14.3 Å². The maximum atomic E-state index is 13.0. The summed E-state index contributed by atoms with van der Waals surface area (Å²) < 4.78 is 38.1. The molecule has 4 aromatic rings. The van der Waals surface area contributed by atoms with Crippen molar-refractivity contribution in [2.24, 2.45) is 0 Å². The van der Waals surface area contributed by atoms with Gasteiger partial charge in [0.05, 0.1) is 23.6 Å². The number of fused-ring (bicyclic) bond motifs is 2. The molecule has 0 aliphatic carbocycles. The molecule has 0 amide bonds. The summed E-state index contributed by atoms with van der Waals surface area (Å²) in [7, 11) is -3.59. The summed E-state index contributed by atoms with van der Waals surface area (Å²) in [5, 5.41) is 4.06. The summed E-state index contributed by atoms with van der Waals surface area (Å²) in [6, 6.07) is 12.4. The van der Waals surface area contributed by atoms with E-state index in [2.05, 4.69) is 15.3 Å². The molecule has 1 saturated heterocycles. The first-order valence-electron chi connectivity index (χ1n) is 9.18. The molecule has 1 aliphatic heterocycles. The Hall–Kier alpha value is -3.01. The SMILES string of the molecule is O=S(=O)(c1ccc2nccc(Nc3ccc4ocnc4c3)c2c1)N1CCOCC1. The van der Waals surface area contributed by atoms with E-state index in [1.54, 1.807) is 24.4 Å². The first-order chi connectivity index (χ1) is 14.1. The molecule has 0 saturated carbocycles. The van der Waals surface area contributed by atoms with E-state index in [-0.39, 0.29) is 4.90 Å². The second kappa shape index (κ2) is 7.11. The van der Waals surface area contributed by atoms with Gasteiger partial charge in [-0.1, -0.05) is 0 Å². The lowest BCUT2D eigenvalue weighted by atomic mass is 10.2. The molecule has 9 heteroatoms. The zero-order valence-electron chi connectivity index (χ0n) is 15.4. The number of nitrogens with zero attached hydrogens (tertiary/aromatic N) is 3. The summed E-state index contributed by atoms with van der Waals surface area (Å²) in [6.45, 7) is 1.53. The highest BCUT2D eigenvalue weighted by Gasteiger charge is 2.26. The maximum Gasteiger partial charge on any atom is 0.243 e. The van der Waals surface area contributed by atoms with Gasteiger partial charge in [0.15, 0.2) is 12.0 Å². The Balaban J connectivity index is 1.54. The van der Waals surface area contributed by atoms with Crippen LogP contribution in [0.2, 0.25) is 0 Å². The molecule has 8 nitrogen and oxygen atoms in total. The van der Waals surface area contributed by atoms with Gasteiger partial charge in [-0.25, -0.2) is 13.4 Å².